The molecule has 3 aromatic carbocycles. The van der Waals surface area contributed by atoms with E-state index in [0.717, 1.165) is 31.5 Å². The van der Waals surface area contributed by atoms with E-state index in [-0.39, 0.29) is 11.1 Å². The number of rotatable bonds is 11. The average Bonchev–Trinajstić information content (AvgIpc) is 2.90. The van der Waals surface area contributed by atoms with Crippen LogP contribution in [0.15, 0.2) is 54.6 Å². The molecule has 0 unspecified atom stereocenters. The van der Waals surface area contributed by atoms with Crippen LogP contribution in [0.4, 0.5) is 17.1 Å². The molecule has 3 aromatic rings. The molecule has 186 valence electrons. The molecule has 1 aliphatic rings. The van der Waals surface area contributed by atoms with Gasteiger partial charge in [-0.2, -0.15) is 5.26 Å². The van der Waals surface area contributed by atoms with E-state index in [1.807, 2.05) is 24.3 Å². The van der Waals surface area contributed by atoms with E-state index in [2.05, 4.69) is 48.3 Å². The predicted molar refractivity (Wildman–Crippen MR) is 144 cm³/mol. The lowest BCUT2D eigenvalue weighted by molar-refractivity contribution is 0.0697. The van der Waals surface area contributed by atoms with Crippen molar-refractivity contribution in [2.45, 2.75) is 52.4 Å². The Hall–Kier alpha value is -3.98. The summed E-state index contributed by atoms with van der Waals surface area (Å²) in [7, 11) is 0. The molecule has 6 nitrogen and oxygen atoms in total. The number of nitrogens with one attached hydrogen (secondary N) is 1. The Balaban J connectivity index is 1.48. The maximum absolute atomic E-state index is 11.7. The van der Waals surface area contributed by atoms with Crippen LogP contribution in [0, 0.1) is 11.3 Å². The number of benzene rings is 3. The van der Waals surface area contributed by atoms with Crippen LogP contribution >= 0.6 is 0 Å². The minimum atomic E-state index is -1.11. The summed E-state index contributed by atoms with van der Waals surface area (Å²) in [5.41, 5.74) is 5.08. The van der Waals surface area contributed by atoms with Crippen LogP contribution in [0.3, 0.4) is 0 Å². The molecule has 1 heterocycles. The van der Waals surface area contributed by atoms with Crippen LogP contribution in [0.2, 0.25) is 0 Å². The topological polar surface area (TPSA) is 85.6 Å². The second-order valence-electron chi connectivity index (χ2n) is 9.24. The van der Waals surface area contributed by atoms with Gasteiger partial charge in [0.2, 0.25) is 0 Å². The van der Waals surface area contributed by atoms with Crippen molar-refractivity contribution in [1.29, 1.82) is 5.26 Å². The van der Waals surface area contributed by atoms with Crippen molar-refractivity contribution in [3.8, 4) is 17.6 Å². The number of carboxylic acid groups (broad SMARTS) is 1. The Morgan fingerprint density at radius 3 is 2.36 bits per heavy atom. The number of hydrogen-bond donors (Lipinski definition) is 2. The summed E-state index contributed by atoms with van der Waals surface area (Å²) in [5.74, 6) is -0.127. The third-order valence-corrected chi connectivity index (χ3v) is 6.53. The van der Waals surface area contributed by atoms with Crippen LogP contribution < -0.4 is 15.0 Å². The molecule has 2 N–H and O–H groups in total. The Kier molecular flexibility index (Phi) is 8.12. The van der Waals surface area contributed by atoms with E-state index >= 15 is 0 Å². The van der Waals surface area contributed by atoms with Gasteiger partial charge >= 0.3 is 5.97 Å². The smallest absolute Gasteiger partial charge is 0.338 e. The number of nitrogens with zero attached hydrogens (tertiary/aromatic N) is 2. The lowest BCUT2D eigenvalue weighted by atomic mass is 10.0. The largest absolute Gasteiger partial charge is 0.478 e. The van der Waals surface area contributed by atoms with Gasteiger partial charge in [0.05, 0.1) is 28.6 Å². The number of aromatic carboxylic acids is 1. The summed E-state index contributed by atoms with van der Waals surface area (Å²) in [6, 6.07) is 19.8. The molecule has 4 rings (SSSR count). The number of fused-ring (bicyclic) bond motifs is 2. The second kappa shape index (κ2) is 11.6. The van der Waals surface area contributed by atoms with E-state index in [4.69, 9.17) is 4.74 Å². The second-order valence-corrected chi connectivity index (χ2v) is 9.24. The van der Waals surface area contributed by atoms with Crippen molar-refractivity contribution in [3.05, 3.63) is 76.9 Å². The number of ether oxygens (including phenoxy) is 1. The number of carbonyl (C=O) groups is 1. The third kappa shape index (κ3) is 5.80. The molecule has 0 spiro atoms. The monoisotopic (exact) mass is 483 g/mol. The molecular formula is C30H33N3O3. The first-order valence-corrected chi connectivity index (χ1v) is 12.8. The molecule has 6 heteroatoms. The molecule has 36 heavy (non-hydrogen) atoms. The number of carboxylic acids is 1. The summed E-state index contributed by atoms with van der Waals surface area (Å²) in [6.07, 6.45) is 6.55. The fourth-order valence-electron chi connectivity index (χ4n) is 4.49. The minimum Gasteiger partial charge on any atom is -0.478 e. The molecule has 0 saturated heterocycles. The zero-order chi connectivity index (χ0) is 25.5. The number of anilines is 3. The van der Waals surface area contributed by atoms with E-state index in [1.165, 1.54) is 43.0 Å². The Morgan fingerprint density at radius 1 is 0.972 bits per heavy atom. The van der Waals surface area contributed by atoms with Crippen molar-refractivity contribution in [3.63, 3.8) is 0 Å². The van der Waals surface area contributed by atoms with Crippen LogP contribution in [0.1, 0.15) is 66.6 Å². The Labute approximate surface area is 213 Å². The number of nitriles is 1. The molecule has 0 aliphatic carbocycles. The van der Waals surface area contributed by atoms with Gasteiger partial charge in [-0.25, -0.2) is 4.79 Å². The van der Waals surface area contributed by atoms with Gasteiger partial charge in [0.25, 0.3) is 0 Å². The number of aryl methyl sites for hydroxylation is 2. The highest BCUT2D eigenvalue weighted by Gasteiger charge is 2.24. The maximum atomic E-state index is 11.7. The van der Waals surface area contributed by atoms with Crippen LogP contribution in [0.5, 0.6) is 11.5 Å². The molecule has 0 fully saturated rings. The van der Waals surface area contributed by atoms with E-state index in [0.29, 0.717) is 22.9 Å². The fraction of sp³-hybridized carbons (Fsp3) is 0.333. The first-order chi connectivity index (χ1) is 17.5. The maximum Gasteiger partial charge on any atom is 0.338 e. The predicted octanol–water partition coefficient (Wildman–Crippen LogP) is 7.30. The molecule has 0 atom stereocenters. The molecule has 0 bridgehead atoms. The van der Waals surface area contributed by atoms with E-state index < -0.39 is 5.97 Å². The summed E-state index contributed by atoms with van der Waals surface area (Å²) >= 11 is 0. The standard InChI is InChI=1S/C30H33N3O3/c1-3-5-14-33(15-6-4-2)24-9-7-8-21(16-24)10-11-22-12-13-26-27(18-22)36-28-19-23(20-31)17-25(30(34)35)29(28)32-26/h7-9,12-13,16-19,32H,3-6,10-11,14-15H2,1-2H3,(H,34,35). The van der Waals surface area contributed by atoms with Crippen LogP contribution in [0.25, 0.3) is 0 Å². The zero-order valence-electron chi connectivity index (χ0n) is 21.0. The quantitative estimate of drug-likeness (QED) is 0.233. The summed E-state index contributed by atoms with van der Waals surface area (Å²) in [4.78, 5) is 14.2. The van der Waals surface area contributed by atoms with Gasteiger partial charge in [-0.1, -0.05) is 44.9 Å². The van der Waals surface area contributed by atoms with E-state index in [1.54, 1.807) is 6.07 Å². The van der Waals surface area contributed by atoms with Gasteiger partial charge < -0.3 is 20.1 Å². The molecule has 0 aromatic heterocycles. The van der Waals surface area contributed by atoms with Gasteiger partial charge in [-0.15, -0.1) is 0 Å². The molecule has 0 amide bonds. The summed E-state index contributed by atoms with van der Waals surface area (Å²) < 4.78 is 6.05. The van der Waals surface area contributed by atoms with Gasteiger partial charge in [0.15, 0.2) is 11.5 Å². The normalized spacial score (nSPS) is 11.5. The lowest BCUT2D eigenvalue weighted by Gasteiger charge is -2.25. The highest BCUT2D eigenvalue weighted by Crippen LogP contribution is 2.44. The summed E-state index contributed by atoms with van der Waals surface area (Å²) in [5, 5.41) is 22.0. The van der Waals surface area contributed by atoms with Crippen LogP contribution in [-0.4, -0.2) is 24.2 Å². The van der Waals surface area contributed by atoms with Crippen molar-refractivity contribution >= 4 is 23.0 Å². The van der Waals surface area contributed by atoms with E-state index in [9.17, 15) is 15.2 Å². The number of hydrogen-bond acceptors (Lipinski definition) is 5. The molecular weight excluding hydrogens is 450 g/mol. The first-order valence-electron chi connectivity index (χ1n) is 12.8. The molecule has 0 radical (unpaired) electrons. The summed E-state index contributed by atoms with van der Waals surface area (Å²) in [6.45, 7) is 6.65. The van der Waals surface area contributed by atoms with Gasteiger partial charge in [-0.05, 0) is 67.1 Å². The third-order valence-electron chi connectivity index (χ3n) is 6.53. The SMILES string of the molecule is CCCCN(CCCC)c1cccc(CCc2ccc3c(c2)Oc2cc(C#N)cc(C(=O)O)c2N3)c1. The minimum absolute atomic E-state index is 0.0191. The van der Waals surface area contributed by atoms with Crippen molar-refractivity contribution in [2.75, 3.05) is 23.3 Å². The highest BCUT2D eigenvalue weighted by molar-refractivity contribution is 5.99. The average molecular weight is 484 g/mol. The van der Waals surface area contributed by atoms with Crippen molar-refractivity contribution in [2.24, 2.45) is 0 Å². The molecule has 1 aliphatic heterocycles. The lowest BCUT2D eigenvalue weighted by Crippen LogP contribution is -2.25. The van der Waals surface area contributed by atoms with Crippen molar-refractivity contribution in [1.82, 2.24) is 0 Å². The Bertz CT molecular complexity index is 1270. The zero-order valence-corrected chi connectivity index (χ0v) is 21.0. The van der Waals surface area contributed by atoms with Crippen LogP contribution in [-0.2, 0) is 12.8 Å². The fourth-order valence-corrected chi connectivity index (χ4v) is 4.49. The first kappa shape index (κ1) is 25.1. The molecule has 0 saturated carbocycles. The number of unbranched alkanes of at least 4 members (excludes halogenated alkanes) is 2. The van der Waals surface area contributed by atoms with Crippen molar-refractivity contribution < 1.29 is 14.6 Å². The Morgan fingerprint density at radius 2 is 1.69 bits per heavy atom. The van der Waals surface area contributed by atoms with Gasteiger partial charge in [0, 0.05) is 24.8 Å². The van der Waals surface area contributed by atoms with Gasteiger partial charge in [0.1, 0.15) is 0 Å². The van der Waals surface area contributed by atoms with Gasteiger partial charge in [-0.3, -0.25) is 0 Å². The highest BCUT2D eigenvalue weighted by atomic mass is 16.5.